The van der Waals surface area contributed by atoms with Gasteiger partial charge < -0.3 is 14.7 Å². The fourth-order valence-corrected chi connectivity index (χ4v) is 13.4. The summed E-state index contributed by atoms with van der Waals surface area (Å²) < 4.78 is 6.19. The van der Waals surface area contributed by atoms with Gasteiger partial charge in [0.05, 0.1) is 12.2 Å². The van der Waals surface area contributed by atoms with Gasteiger partial charge in [-0.2, -0.15) is 0 Å². The van der Waals surface area contributed by atoms with Gasteiger partial charge in [0.2, 0.25) is 0 Å². The van der Waals surface area contributed by atoms with Crippen LogP contribution in [-0.4, -0.2) is 34.4 Å². The third-order valence-corrected chi connectivity index (χ3v) is 16.3. The molecule has 292 valence electrons. The van der Waals surface area contributed by atoms with Crippen molar-refractivity contribution in [3.8, 4) is 0 Å². The smallest absolute Gasteiger partial charge is 0.307 e. The number of aliphatic hydroxyl groups is 1. The summed E-state index contributed by atoms with van der Waals surface area (Å²) in [5.74, 6) is 3.20. The normalized spacial score (nSPS) is 35.9. The number of carbonyl (C=O) groups excluding carboxylic acids is 2. The van der Waals surface area contributed by atoms with Crippen molar-refractivity contribution in [3.05, 3.63) is 70.6 Å². The highest BCUT2D eigenvalue weighted by molar-refractivity contribution is 6.30. The number of hydrogen-bond donors (Lipinski definition) is 1. The van der Waals surface area contributed by atoms with Gasteiger partial charge >= 0.3 is 5.97 Å². The maximum absolute atomic E-state index is 14.2. The summed E-state index contributed by atoms with van der Waals surface area (Å²) in [4.78, 5) is 29.7. The van der Waals surface area contributed by atoms with Crippen LogP contribution >= 0.6 is 11.6 Å². The molecular weight excluding hydrogens is 678 g/mol. The second-order valence-electron chi connectivity index (χ2n) is 19.9. The predicted molar refractivity (Wildman–Crippen MR) is 216 cm³/mol. The average molecular weight is 747 g/mol. The Morgan fingerprint density at radius 1 is 1.04 bits per heavy atom. The lowest BCUT2D eigenvalue weighted by atomic mass is 9.38. The number of hydrogen-bond acceptors (Lipinski definition) is 5. The van der Waals surface area contributed by atoms with Crippen LogP contribution < -0.4 is 0 Å². The van der Waals surface area contributed by atoms with E-state index in [1.807, 2.05) is 26.0 Å². The van der Waals surface area contributed by atoms with Gasteiger partial charge in [-0.3, -0.25) is 9.59 Å². The Balaban J connectivity index is 1.24. The van der Waals surface area contributed by atoms with Crippen LogP contribution in [0.15, 0.2) is 60.0 Å². The summed E-state index contributed by atoms with van der Waals surface area (Å²) in [6.45, 7) is 29.9. The third kappa shape index (κ3) is 6.97. The van der Waals surface area contributed by atoms with Gasteiger partial charge in [0.25, 0.3) is 0 Å². The Hall–Kier alpha value is -2.53. The molecule has 53 heavy (non-hydrogen) atoms. The van der Waals surface area contributed by atoms with E-state index in [-0.39, 0.29) is 46.4 Å². The van der Waals surface area contributed by atoms with Gasteiger partial charge in [0, 0.05) is 41.1 Å². The summed E-state index contributed by atoms with van der Waals surface area (Å²) in [6.07, 6.45) is 9.69. The lowest BCUT2D eigenvalue weighted by Crippen LogP contribution is -2.61. The standard InChI is InChI=1S/C47H68ClNO4/c1-28(2)42-38(51)24-47(30(5)26-49(29(3)4)27-33-13-12-14-34(48)23-33)22-18-37-35(43(42)47)15-16-40-45(10)21-19-39(31(6)36(45)17-20-46(37,40)11)53-41(52)25-44(8,9)32(7)50/h12-14,23,28,30-31,35-37,39-40,50H,3,7,15-22,24-27H2,1-2,4-6,8-11H3/t30?,31?,35?,36?,37?,39-,40?,45?,46?,47?/m0/s1. The topological polar surface area (TPSA) is 66.8 Å². The maximum atomic E-state index is 14.2. The number of nitrogens with zero attached hydrogens (tertiary/aromatic N) is 1. The Bertz CT molecular complexity index is 1660. The van der Waals surface area contributed by atoms with E-state index in [0.717, 1.165) is 55.1 Å². The lowest BCUT2D eigenvalue weighted by molar-refractivity contribution is -0.192. The minimum atomic E-state index is -0.695. The van der Waals surface area contributed by atoms with Crippen LogP contribution in [0.25, 0.3) is 0 Å². The van der Waals surface area contributed by atoms with Crippen molar-refractivity contribution >= 4 is 23.4 Å². The number of ether oxygens (including phenoxy) is 1. The Labute approximate surface area is 326 Å². The summed E-state index contributed by atoms with van der Waals surface area (Å²) >= 11 is 6.39. The van der Waals surface area contributed by atoms with Crippen molar-refractivity contribution in [1.82, 2.24) is 4.90 Å². The van der Waals surface area contributed by atoms with Gasteiger partial charge in [-0.15, -0.1) is 0 Å². The number of Topliss-reactive ketones (excluding diaryl/α,β-unsaturated/α-hetero) is 1. The molecule has 9 unspecified atom stereocenters. The van der Waals surface area contributed by atoms with Gasteiger partial charge in [0.15, 0.2) is 5.78 Å². The van der Waals surface area contributed by atoms with E-state index in [1.54, 1.807) is 5.57 Å². The number of benzene rings is 1. The van der Waals surface area contributed by atoms with Crippen molar-refractivity contribution in [2.45, 2.75) is 139 Å². The molecule has 0 bridgehead atoms. The first kappa shape index (κ1) is 40.1. The summed E-state index contributed by atoms with van der Waals surface area (Å²) in [5.41, 5.74) is 4.57. The van der Waals surface area contributed by atoms with Gasteiger partial charge in [-0.1, -0.05) is 97.9 Å². The van der Waals surface area contributed by atoms with Gasteiger partial charge in [-0.05, 0) is 134 Å². The molecule has 4 saturated carbocycles. The zero-order chi connectivity index (χ0) is 38.8. The van der Waals surface area contributed by atoms with E-state index in [1.165, 1.54) is 31.2 Å². The Morgan fingerprint density at radius 3 is 2.34 bits per heavy atom. The molecule has 6 heteroatoms. The molecule has 0 spiro atoms. The molecule has 0 amide bonds. The monoisotopic (exact) mass is 745 g/mol. The fraction of sp³-hybridized carbons (Fsp3) is 0.702. The highest BCUT2D eigenvalue weighted by Crippen LogP contribution is 2.72. The molecule has 0 aliphatic heterocycles. The minimum Gasteiger partial charge on any atom is -0.512 e. The number of esters is 1. The van der Waals surface area contributed by atoms with Crippen molar-refractivity contribution in [1.29, 1.82) is 0 Å². The van der Waals surface area contributed by atoms with E-state index in [9.17, 15) is 14.7 Å². The molecule has 6 rings (SSSR count). The first-order chi connectivity index (χ1) is 24.7. The van der Waals surface area contributed by atoms with Crippen molar-refractivity contribution in [2.75, 3.05) is 6.54 Å². The maximum Gasteiger partial charge on any atom is 0.307 e. The zero-order valence-corrected chi connectivity index (χ0v) is 35.1. The van der Waals surface area contributed by atoms with Crippen LogP contribution in [0.1, 0.15) is 132 Å². The van der Waals surface area contributed by atoms with E-state index in [0.29, 0.717) is 47.7 Å². The number of fused-ring (bicyclic) bond motifs is 7. The first-order valence-corrected chi connectivity index (χ1v) is 21.1. The third-order valence-electron chi connectivity index (χ3n) is 16.1. The largest absolute Gasteiger partial charge is 0.512 e. The predicted octanol–water partition coefficient (Wildman–Crippen LogP) is 11.9. The number of aliphatic hydroxyl groups excluding tert-OH is 1. The molecule has 5 aliphatic rings. The number of allylic oxidation sites excluding steroid dienone is 4. The van der Waals surface area contributed by atoms with Crippen LogP contribution in [0.3, 0.4) is 0 Å². The van der Waals surface area contributed by atoms with Crippen molar-refractivity contribution < 1.29 is 19.4 Å². The molecule has 10 atom stereocenters. The lowest BCUT2D eigenvalue weighted by Gasteiger charge is -2.67. The Morgan fingerprint density at radius 2 is 1.70 bits per heavy atom. The molecule has 5 aliphatic carbocycles. The van der Waals surface area contributed by atoms with E-state index in [2.05, 4.69) is 78.7 Å². The molecular formula is C47H68ClNO4. The van der Waals surface area contributed by atoms with E-state index in [4.69, 9.17) is 16.3 Å². The van der Waals surface area contributed by atoms with Gasteiger partial charge in [0.1, 0.15) is 6.10 Å². The molecule has 1 N–H and O–H groups in total. The minimum absolute atomic E-state index is 0.0243. The molecule has 0 heterocycles. The van der Waals surface area contributed by atoms with E-state index < -0.39 is 5.41 Å². The molecule has 0 radical (unpaired) electrons. The number of rotatable bonds is 11. The SMILES string of the molecule is C=C(C)N(Cc1cccc(Cl)c1)CC(C)C12CCC3C(CCC4C3(C)CCC3C(C)[C@@H](OC(=O)CC(C)(C)C(=C)O)CCC34C)C1=C(C(C)C)C(=O)C2. The molecule has 0 aromatic heterocycles. The van der Waals surface area contributed by atoms with Crippen LogP contribution in [0.5, 0.6) is 0 Å². The number of halogens is 1. The fourth-order valence-electron chi connectivity index (χ4n) is 13.1. The van der Waals surface area contributed by atoms with Crippen LogP contribution in [-0.2, 0) is 20.9 Å². The highest BCUT2D eigenvalue weighted by atomic mass is 35.5. The molecule has 1 aromatic rings. The molecule has 1 aromatic carbocycles. The molecule has 5 nitrogen and oxygen atoms in total. The second kappa shape index (κ2) is 14.5. The van der Waals surface area contributed by atoms with Crippen molar-refractivity contribution in [2.24, 2.45) is 63.1 Å². The summed E-state index contributed by atoms with van der Waals surface area (Å²) in [7, 11) is 0. The molecule has 0 saturated heterocycles. The quantitative estimate of drug-likeness (QED) is 0.180. The van der Waals surface area contributed by atoms with Crippen molar-refractivity contribution in [3.63, 3.8) is 0 Å². The van der Waals surface area contributed by atoms with E-state index >= 15 is 0 Å². The summed E-state index contributed by atoms with van der Waals surface area (Å²) in [5, 5.41) is 10.8. The first-order valence-electron chi connectivity index (χ1n) is 20.8. The highest BCUT2D eigenvalue weighted by Gasteiger charge is 2.65. The zero-order valence-electron chi connectivity index (χ0n) is 34.3. The number of carbonyl (C=O) groups is 2. The summed E-state index contributed by atoms with van der Waals surface area (Å²) in [6, 6.07) is 8.14. The van der Waals surface area contributed by atoms with Crippen LogP contribution in [0, 0.1) is 63.1 Å². The second-order valence-corrected chi connectivity index (χ2v) is 20.3. The average Bonchev–Trinajstić information content (AvgIpc) is 3.39. The van der Waals surface area contributed by atoms with Crippen LogP contribution in [0.2, 0.25) is 5.02 Å². The number of ketones is 1. The van der Waals surface area contributed by atoms with Crippen LogP contribution in [0.4, 0.5) is 0 Å². The van der Waals surface area contributed by atoms with Gasteiger partial charge in [-0.25, -0.2) is 0 Å². The Kier molecular flexibility index (Phi) is 11.0. The molecule has 4 fully saturated rings.